The van der Waals surface area contributed by atoms with Crippen molar-refractivity contribution in [2.75, 3.05) is 0 Å². The topological polar surface area (TPSA) is 66.9 Å². The largest absolute Gasteiger partial charge is 0.388 e. The highest BCUT2D eigenvalue weighted by atomic mass is 16.1. The number of amidine groups is 1. The molecule has 0 rings (SSSR count). The van der Waals surface area contributed by atoms with Crippen LogP contribution < -0.4 is 5.73 Å². The summed E-state index contributed by atoms with van der Waals surface area (Å²) in [5.41, 5.74) is 4.69. The van der Waals surface area contributed by atoms with Crippen LogP contribution in [-0.2, 0) is 4.79 Å². The van der Waals surface area contributed by atoms with Gasteiger partial charge in [0.1, 0.15) is 6.79 Å². The Labute approximate surface area is 36.7 Å². The molecule has 0 unspecified atom stereocenters. The summed E-state index contributed by atoms with van der Waals surface area (Å²) in [6, 6.07) is 0. The minimum Gasteiger partial charge on any atom is -0.388 e. The van der Waals surface area contributed by atoms with Gasteiger partial charge in [-0.15, -0.1) is 0 Å². The van der Waals surface area contributed by atoms with E-state index in [9.17, 15) is 0 Å². The van der Waals surface area contributed by atoms with Gasteiger partial charge in [-0.05, 0) is 6.92 Å². The maximum atomic E-state index is 8.00. The second-order valence-corrected chi connectivity index (χ2v) is 0.683. The quantitative estimate of drug-likeness (QED) is 0.317. The fourth-order valence-electron chi connectivity index (χ4n) is 0. The highest BCUT2D eigenvalue weighted by Gasteiger charge is 1.53. The van der Waals surface area contributed by atoms with Gasteiger partial charge >= 0.3 is 0 Å². The molecule has 0 heterocycles. The third-order valence-electron chi connectivity index (χ3n) is 0. The molecule has 3 nitrogen and oxygen atoms in total. The van der Waals surface area contributed by atoms with E-state index in [2.05, 4.69) is 0 Å². The van der Waals surface area contributed by atoms with Gasteiger partial charge in [0.15, 0.2) is 0 Å². The van der Waals surface area contributed by atoms with Gasteiger partial charge in [0.05, 0.1) is 5.84 Å². The standard InChI is InChI=1S/C2H6N2.CH2O/c1-2(3)4;1-2/h1H3,(H3,3,4);1H2. The average molecular weight is 88.1 g/mol. The van der Waals surface area contributed by atoms with Crippen LogP contribution in [-0.4, -0.2) is 12.6 Å². The molecule has 3 N–H and O–H groups in total. The molecule has 0 bridgehead atoms. The van der Waals surface area contributed by atoms with Crippen molar-refractivity contribution in [2.24, 2.45) is 5.73 Å². The molecule has 0 aromatic heterocycles. The zero-order valence-electron chi connectivity index (χ0n) is 3.69. The summed E-state index contributed by atoms with van der Waals surface area (Å²) in [5.74, 6) is 0.167. The molecule has 0 aliphatic rings. The van der Waals surface area contributed by atoms with E-state index in [-0.39, 0.29) is 5.84 Å². The Bertz CT molecular complexity index is 40.1. The van der Waals surface area contributed by atoms with Gasteiger partial charge in [0, 0.05) is 0 Å². The van der Waals surface area contributed by atoms with Gasteiger partial charge in [-0.25, -0.2) is 0 Å². The Morgan fingerprint density at radius 1 is 1.83 bits per heavy atom. The summed E-state index contributed by atoms with van der Waals surface area (Å²) in [4.78, 5) is 8.00. The first-order chi connectivity index (χ1) is 2.73. The summed E-state index contributed by atoms with van der Waals surface area (Å²) in [5, 5.41) is 6.28. The predicted molar refractivity (Wildman–Crippen MR) is 24.7 cm³/mol. The average Bonchev–Trinajstić information content (AvgIpc) is 1.41. The fraction of sp³-hybridized carbons (Fsp3) is 0.333. The first kappa shape index (κ1) is 8.94. The molecule has 0 radical (unpaired) electrons. The Morgan fingerprint density at radius 3 is 1.83 bits per heavy atom. The second-order valence-electron chi connectivity index (χ2n) is 0.683. The van der Waals surface area contributed by atoms with Gasteiger partial charge in [-0.2, -0.15) is 0 Å². The molecule has 6 heavy (non-hydrogen) atoms. The van der Waals surface area contributed by atoms with E-state index in [1.807, 2.05) is 6.79 Å². The van der Waals surface area contributed by atoms with Crippen molar-refractivity contribution in [1.29, 1.82) is 5.41 Å². The lowest BCUT2D eigenvalue weighted by molar-refractivity contribution is -0.0979. The van der Waals surface area contributed by atoms with Gasteiger partial charge in [0.2, 0.25) is 0 Å². The number of hydrogen-bond acceptors (Lipinski definition) is 2. The van der Waals surface area contributed by atoms with Gasteiger partial charge in [-0.1, -0.05) is 0 Å². The van der Waals surface area contributed by atoms with Crippen molar-refractivity contribution in [3.05, 3.63) is 0 Å². The van der Waals surface area contributed by atoms with Gasteiger partial charge < -0.3 is 10.5 Å². The van der Waals surface area contributed by atoms with Crippen molar-refractivity contribution in [3.8, 4) is 0 Å². The number of hydrogen-bond donors (Lipinski definition) is 2. The minimum atomic E-state index is 0.167. The zero-order chi connectivity index (χ0) is 5.58. The molecule has 0 aliphatic heterocycles. The highest BCUT2D eigenvalue weighted by molar-refractivity contribution is 5.73. The van der Waals surface area contributed by atoms with Gasteiger partial charge in [-0.3, -0.25) is 5.41 Å². The van der Waals surface area contributed by atoms with Gasteiger partial charge in [0.25, 0.3) is 0 Å². The van der Waals surface area contributed by atoms with Crippen LogP contribution in [0, 0.1) is 5.41 Å². The number of nitrogens with one attached hydrogen (secondary N) is 1. The fourth-order valence-corrected chi connectivity index (χ4v) is 0. The van der Waals surface area contributed by atoms with Crippen molar-refractivity contribution >= 4 is 12.6 Å². The second kappa shape index (κ2) is 8.91. The molecule has 0 saturated heterocycles. The number of carbonyl (C=O) groups excluding carboxylic acids is 1. The van der Waals surface area contributed by atoms with E-state index in [1.54, 1.807) is 0 Å². The maximum Gasteiger partial charge on any atom is 0.106 e. The van der Waals surface area contributed by atoms with Crippen LogP contribution >= 0.6 is 0 Å². The van der Waals surface area contributed by atoms with Crippen LogP contribution in [0.3, 0.4) is 0 Å². The monoisotopic (exact) mass is 88.1 g/mol. The lowest BCUT2D eigenvalue weighted by atomic mass is 10.8. The number of nitrogens with two attached hydrogens (primary N) is 1. The maximum absolute atomic E-state index is 8.00. The first-order valence-corrected chi connectivity index (χ1v) is 1.33. The Kier molecular flexibility index (Phi) is 13.3. The van der Waals surface area contributed by atoms with Crippen molar-refractivity contribution in [2.45, 2.75) is 6.92 Å². The summed E-state index contributed by atoms with van der Waals surface area (Å²) in [6.45, 7) is 3.53. The van der Waals surface area contributed by atoms with E-state index < -0.39 is 0 Å². The Balaban J connectivity index is 0. The van der Waals surface area contributed by atoms with Crippen LogP contribution in [0.2, 0.25) is 0 Å². The van der Waals surface area contributed by atoms with E-state index >= 15 is 0 Å². The summed E-state index contributed by atoms with van der Waals surface area (Å²) >= 11 is 0. The van der Waals surface area contributed by atoms with Crippen LogP contribution in [0.5, 0.6) is 0 Å². The molecule has 3 heteroatoms. The number of rotatable bonds is 0. The van der Waals surface area contributed by atoms with Crippen LogP contribution in [0.15, 0.2) is 0 Å². The smallest absolute Gasteiger partial charge is 0.106 e. The lowest BCUT2D eigenvalue weighted by Crippen LogP contribution is -2.00. The molecule has 0 aliphatic carbocycles. The van der Waals surface area contributed by atoms with Crippen molar-refractivity contribution in [1.82, 2.24) is 0 Å². The molecular formula is C3H8N2O. The Hall–Kier alpha value is -0.860. The summed E-state index contributed by atoms with van der Waals surface area (Å²) < 4.78 is 0. The molecule has 0 amide bonds. The predicted octanol–water partition coefficient (Wildman–Crippen LogP) is -0.243. The first-order valence-electron chi connectivity index (χ1n) is 1.33. The normalized spacial score (nSPS) is 4.83. The van der Waals surface area contributed by atoms with E-state index in [4.69, 9.17) is 15.9 Å². The third-order valence-corrected chi connectivity index (χ3v) is 0. The van der Waals surface area contributed by atoms with Crippen LogP contribution in [0.1, 0.15) is 6.92 Å². The van der Waals surface area contributed by atoms with E-state index in [1.165, 1.54) is 6.92 Å². The molecule has 0 aromatic carbocycles. The molecular weight excluding hydrogens is 80.0 g/mol. The molecule has 0 fully saturated rings. The third kappa shape index (κ3) is 19.4. The van der Waals surface area contributed by atoms with E-state index in [0.717, 1.165) is 0 Å². The minimum absolute atomic E-state index is 0.167. The molecule has 36 valence electrons. The highest BCUT2D eigenvalue weighted by Crippen LogP contribution is 1.36. The van der Waals surface area contributed by atoms with Crippen molar-refractivity contribution < 1.29 is 4.79 Å². The number of carbonyl (C=O) groups is 1. The van der Waals surface area contributed by atoms with E-state index in [0.29, 0.717) is 0 Å². The SMILES string of the molecule is C=O.CC(=N)N. The van der Waals surface area contributed by atoms with Crippen LogP contribution in [0.25, 0.3) is 0 Å². The van der Waals surface area contributed by atoms with Crippen LogP contribution in [0.4, 0.5) is 0 Å². The lowest BCUT2D eigenvalue weighted by Gasteiger charge is -1.66. The zero-order valence-corrected chi connectivity index (χ0v) is 3.69. The molecule has 0 saturated carbocycles. The van der Waals surface area contributed by atoms with Crippen molar-refractivity contribution in [3.63, 3.8) is 0 Å². The summed E-state index contributed by atoms with van der Waals surface area (Å²) in [7, 11) is 0. The summed E-state index contributed by atoms with van der Waals surface area (Å²) in [6.07, 6.45) is 0. The molecule has 0 aromatic rings. The Morgan fingerprint density at radius 2 is 1.83 bits per heavy atom. The molecule has 0 atom stereocenters. The molecule has 0 spiro atoms.